The van der Waals surface area contributed by atoms with Crippen molar-refractivity contribution < 1.29 is 13.9 Å². The van der Waals surface area contributed by atoms with Crippen molar-refractivity contribution in [2.24, 2.45) is 0 Å². The molecule has 0 unspecified atom stereocenters. The van der Waals surface area contributed by atoms with E-state index in [1.165, 1.54) is 6.07 Å². The van der Waals surface area contributed by atoms with E-state index >= 15 is 0 Å². The number of hydrogen-bond donors (Lipinski definition) is 1. The molecule has 2 rings (SSSR count). The highest BCUT2D eigenvalue weighted by atomic mass is 79.9. The molecule has 2 aromatic carbocycles. The fourth-order valence-corrected chi connectivity index (χ4v) is 2.25. The van der Waals surface area contributed by atoms with Crippen molar-refractivity contribution >= 4 is 21.8 Å². The lowest BCUT2D eigenvalue weighted by Crippen LogP contribution is -2.24. The summed E-state index contributed by atoms with van der Waals surface area (Å²) in [5.41, 5.74) is 0.924. The maximum Gasteiger partial charge on any atom is 0.255 e. The molecule has 0 fully saturated rings. The lowest BCUT2D eigenvalue weighted by Gasteiger charge is -2.08. The van der Waals surface area contributed by atoms with E-state index in [2.05, 4.69) is 21.2 Å². The first kappa shape index (κ1) is 14.5. The van der Waals surface area contributed by atoms with Gasteiger partial charge in [0.25, 0.3) is 5.91 Å². The Labute approximate surface area is 124 Å². The monoisotopic (exact) mass is 337 g/mol. The van der Waals surface area contributed by atoms with E-state index in [9.17, 15) is 9.18 Å². The Morgan fingerprint density at radius 1 is 1.25 bits per heavy atom. The van der Waals surface area contributed by atoms with Gasteiger partial charge in [0, 0.05) is 11.0 Å². The summed E-state index contributed by atoms with van der Waals surface area (Å²) in [7, 11) is 1.59. The molecule has 0 aromatic heterocycles. The SMILES string of the molecule is COc1ccc(CNC(=O)c2c(F)cccc2Br)cc1. The van der Waals surface area contributed by atoms with Crippen molar-refractivity contribution in [2.75, 3.05) is 7.11 Å². The van der Waals surface area contributed by atoms with Crippen LogP contribution in [0.1, 0.15) is 15.9 Å². The Morgan fingerprint density at radius 3 is 2.55 bits per heavy atom. The molecule has 0 atom stereocenters. The maximum absolute atomic E-state index is 13.6. The van der Waals surface area contributed by atoms with Crippen LogP contribution in [0.3, 0.4) is 0 Å². The molecule has 104 valence electrons. The Morgan fingerprint density at radius 2 is 1.95 bits per heavy atom. The lowest BCUT2D eigenvalue weighted by molar-refractivity contribution is 0.0946. The molecule has 0 saturated carbocycles. The van der Waals surface area contributed by atoms with Gasteiger partial charge < -0.3 is 10.1 Å². The van der Waals surface area contributed by atoms with E-state index in [0.29, 0.717) is 11.0 Å². The van der Waals surface area contributed by atoms with Crippen LogP contribution in [0.15, 0.2) is 46.9 Å². The zero-order valence-corrected chi connectivity index (χ0v) is 12.4. The third-order valence-electron chi connectivity index (χ3n) is 2.80. The lowest BCUT2D eigenvalue weighted by atomic mass is 10.2. The van der Waals surface area contributed by atoms with Gasteiger partial charge in [-0.25, -0.2) is 4.39 Å². The number of rotatable bonds is 4. The van der Waals surface area contributed by atoms with Crippen molar-refractivity contribution in [3.63, 3.8) is 0 Å². The van der Waals surface area contributed by atoms with Crippen molar-refractivity contribution in [2.45, 2.75) is 6.54 Å². The zero-order valence-electron chi connectivity index (χ0n) is 10.8. The van der Waals surface area contributed by atoms with E-state index in [4.69, 9.17) is 4.74 Å². The number of ether oxygens (including phenoxy) is 1. The van der Waals surface area contributed by atoms with E-state index in [1.54, 1.807) is 31.4 Å². The minimum Gasteiger partial charge on any atom is -0.497 e. The Balaban J connectivity index is 2.05. The predicted octanol–water partition coefficient (Wildman–Crippen LogP) is 3.53. The molecule has 0 radical (unpaired) electrons. The third-order valence-corrected chi connectivity index (χ3v) is 3.46. The van der Waals surface area contributed by atoms with Gasteiger partial charge in [-0.2, -0.15) is 0 Å². The summed E-state index contributed by atoms with van der Waals surface area (Å²) in [6, 6.07) is 11.7. The van der Waals surface area contributed by atoms with E-state index < -0.39 is 11.7 Å². The third kappa shape index (κ3) is 3.36. The number of carbonyl (C=O) groups excluding carboxylic acids is 1. The van der Waals surface area contributed by atoms with Gasteiger partial charge in [0.1, 0.15) is 11.6 Å². The second-order valence-corrected chi connectivity index (χ2v) is 4.98. The molecule has 0 bridgehead atoms. The topological polar surface area (TPSA) is 38.3 Å². The molecule has 0 saturated heterocycles. The summed E-state index contributed by atoms with van der Waals surface area (Å²) >= 11 is 3.18. The molecule has 0 heterocycles. The number of amides is 1. The molecular formula is C15H13BrFNO2. The van der Waals surface area contributed by atoms with Crippen LogP contribution in [0, 0.1) is 5.82 Å². The van der Waals surface area contributed by atoms with Gasteiger partial charge in [-0.05, 0) is 45.8 Å². The van der Waals surface area contributed by atoms with Crippen LogP contribution in [0.2, 0.25) is 0 Å². The van der Waals surface area contributed by atoms with Crippen LogP contribution in [0.25, 0.3) is 0 Å². The molecule has 0 aliphatic carbocycles. The smallest absolute Gasteiger partial charge is 0.255 e. The molecule has 5 heteroatoms. The zero-order chi connectivity index (χ0) is 14.5. The second kappa shape index (κ2) is 6.52. The van der Waals surface area contributed by atoms with Crippen LogP contribution in [0.5, 0.6) is 5.75 Å². The first-order valence-electron chi connectivity index (χ1n) is 5.97. The average molecular weight is 338 g/mol. The standard InChI is InChI=1S/C15H13BrFNO2/c1-20-11-7-5-10(6-8-11)9-18-15(19)14-12(16)3-2-4-13(14)17/h2-8H,9H2,1H3,(H,18,19). The first-order valence-corrected chi connectivity index (χ1v) is 6.76. The quantitative estimate of drug-likeness (QED) is 0.926. The number of nitrogens with one attached hydrogen (secondary N) is 1. The summed E-state index contributed by atoms with van der Waals surface area (Å²) in [4.78, 5) is 12.0. The van der Waals surface area contributed by atoms with E-state index in [1.807, 2.05) is 12.1 Å². The van der Waals surface area contributed by atoms with Gasteiger partial charge in [-0.1, -0.05) is 18.2 Å². The maximum atomic E-state index is 13.6. The highest BCUT2D eigenvalue weighted by Crippen LogP contribution is 2.19. The van der Waals surface area contributed by atoms with Gasteiger partial charge >= 0.3 is 0 Å². The highest BCUT2D eigenvalue weighted by molar-refractivity contribution is 9.10. The normalized spacial score (nSPS) is 10.2. The molecule has 1 N–H and O–H groups in total. The Kier molecular flexibility index (Phi) is 4.74. The molecule has 1 amide bonds. The Hall–Kier alpha value is -1.88. The summed E-state index contributed by atoms with van der Waals surface area (Å²) in [5, 5.41) is 2.68. The number of carbonyl (C=O) groups is 1. The number of methoxy groups -OCH3 is 1. The molecule has 0 aliphatic rings. The fourth-order valence-electron chi connectivity index (χ4n) is 1.73. The van der Waals surface area contributed by atoms with Crippen molar-refractivity contribution in [1.82, 2.24) is 5.32 Å². The molecule has 2 aromatic rings. The summed E-state index contributed by atoms with van der Waals surface area (Å²) < 4.78 is 19.1. The van der Waals surface area contributed by atoms with E-state index in [0.717, 1.165) is 11.3 Å². The van der Waals surface area contributed by atoms with Gasteiger partial charge in [0.2, 0.25) is 0 Å². The minimum absolute atomic E-state index is 0.0148. The largest absolute Gasteiger partial charge is 0.497 e. The van der Waals surface area contributed by atoms with Crippen molar-refractivity contribution in [1.29, 1.82) is 0 Å². The molecule has 3 nitrogen and oxygen atoms in total. The molecule has 0 aliphatic heterocycles. The number of hydrogen-bond acceptors (Lipinski definition) is 2. The Bertz CT molecular complexity index is 594. The number of halogens is 2. The minimum atomic E-state index is -0.549. The summed E-state index contributed by atoms with van der Waals surface area (Å²) in [6.07, 6.45) is 0. The molecule has 0 spiro atoms. The first-order chi connectivity index (χ1) is 9.61. The second-order valence-electron chi connectivity index (χ2n) is 4.13. The van der Waals surface area contributed by atoms with Crippen LogP contribution < -0.4 is 10.1 Å². The van der Waals surface area contributed by atoms with Crippen LogP contribution in [-0.2, 0) is 6.54 Å². The van der Waals surface area contributed by atoms with Gasteiger partial charge in [0.05, 0.1) is 12.7 Å². The average Bonchev–Trinajstić information content (AvgIpc) is 2.45. The summed E-state index contributed by atoms with van der Waals surface area (Å²) in [6.45, 7) is 0.323. The summed E-state index contributed by atoms with van der Waals surface area (Å²) in [5.74, 6) is -0.255. The predicted molar refractivity (Wildman–Crippen MR) is 78.3 cm³/mol. The van der Waals surface area contributed by atoms with Gasteiger partial charge in [-0.15, -0.1) is 0 Å². The van der Waals surface area contributed by atoms with Crippen LogP contribution in [-0.4, -0.2) is 13.0 Å². The van der Waals surface area contributed by atoms with Gasteiger partial charge in [0.15, 0.2) is 0 Å². The fraction of sp³-hybridized carbons (Fsp3) is 0.133. The highest BCUT2D eigenvalue weighted by Gasteiger charge is 2.14. The van der Waals surface area contributed by atoms with Crippen LogP contribution >= 0.6 is 15.9 Å². The molecular weight excluding hydrogens is 325 g/mol. The van der Waals surface area contributed by atoms with Crippen molar-refractivity contribution in [3.8, 4) is 5.75 Å². The molecule has 20 heavy (non-hydrogen) atoms. The van der Waals surface area contributed by atoms with E-state index in [-0.39, 0.29) is 5.56 Å². The van der Waals surface area contributed by atoms with Crippen LogP contribution in [0.4, 0.5) is 4.39 Å². The number of benzene rings is 2. The van der Waals surface area contributed by atoms with Gasteiger partial charge in [-0.3, -0.25) is 4.79 Å². The van der Waals surface area contributed by atoms with Crippen molar-refractivity contribution in [3.05, 3.63) is 63.9 Å².